The zero-order chi connectivity index (χ0) is 18.6. The predicted molar refractivity (Wildman–Crippen MR) is 98.7 cm³/mol. The number of benzene rings is 1. The third kappa shape index (κ3) is 4.42. The van der Waals surface area contributed by atoms with Crippen LogP contribution >= 0.6 is 12.2 Å². The number of carbonyl (C=O) groups excluding carboxylic acids is 2. The minimum absolute atomic E-state index is 0.190. The third-order valence-corrected chi connectivity index (χ3v) is 3.79. The summed E-state index contributed by atoms with van der Waals surface area (Å²) >= 11 is 5.17. The van der Waals surface area contributed by atoms with Crippen LogP contribution in [0, 0.1) is 10.7 Å². The molecule has 25 heavy (non-hydrogen) atoms. The number of rotatable bonds is 5. The monoisotopic (exact) mass is 360 g/mol. The summed E-state index contributed by atoms with van der Waals surface area (Å²) in [4.78, 5) is 39.1. The first kappa shape index (κ1) is 18.6. The molecular weight excluding hydrogens is 340 g/mol. The summed E-state index contributed by atoms with van der Waals surface area (Å²) < 4.78 is 1.64. The predicted octanol–water partition coefficient (Wildman–Crippen LogP) is 2.05. The Bertz CT molecular complexity index is 943. The smallest absolute Gasteiger partial charge is 0.269 e. The van der Waals surface area contributed by atoms with Gasteiger partial charge >= 0.3 is 0 Å². The Morgan fingerprint density at radius 1 is 1.36 bits per heavy atom. The number of nitrogens with zero attached hydrogens (tertiary/aromatic N) is 1. The van der Waals surface area contributed by atoms with Gasteiger partial charge in [0, 0.05) is 18.5 Å². The molecular formula is C17H20N4O3S. The molecule has 132 valence electrons. The number of allylic oxidation sites excluding steroid dienone is 1. The highest BCUT2D eigenvalue weighted by molar-refractivity contribution is 7.71. The van der Waals surface area contributed by atoms with Gasteiger partial charge in [-0.2, -0.15) is 0 Å². The molecule has 0 radical (unpaired) electrons. The van der Waals surface area contributed by atoms with Gasteiger partial charge in [0.15, 0.2) is 4.77 Å². The molecule has 0 unspecified atom stereocenters. The van der Waals surface area contributed by atoms with Crippen LogP contribution < -0.4 is 16.4 Å². The minimum Gasteiger partial charge on any atom is -0.332 e. The van der Waals surface area contributed by atoms with E-state index >= 15 is 0 Å². The Kier molecular flexibility index (Phi) is 5.87. The second-order valence-corrected chi connectivity index (χ2v) is 6.38. The van der Waals surface area contributed by atoms with Gasteiger partial charge in [-0.15, -0.1) is 6.58 Å². The molecule has 0 aliphatic carbocycles. The zero-order valence-electron chi connectivity index (χ0n) is 14.1. The number of hydrogen-bond donors (Lipinski definition) is 3. The van der Waals surface area contributed by atoms with Crippen molar-refractivity contribution in [1.82, 2.24) is 20.4 Å². The molecule has 0 saturated heterocycles. The van der Waals surface area contributed by atoms with Crippen LogP contribution in [0.1, 0.15) is 30.6 Å². The summed E-state index contributed by atoms with van der Waals surface area (Å²) in [6.07, 6.45) is 1.90. The Hall–Kier alpha value is -2.74. The molecule has 0 saturated carbocycles. The minimum atomic E-state index is -0.478. The van der Waals surface area contributed by atoms with Crippen molar-refractivity contribution < 1.29 is 9.59 Å². The van der Waals surface area contributed by atoms with E-state index in [4.69, 9.17) is 12.2 Å². The fourth-order valence-electron chi connectivity index (χ4n) is 2.31. The molecule has 0 aliphatic rings. The van der Waals surface area contributed by atoms with Crippen molar-refractivity contribution in [2.24, 2.45) is 5.92 Å². The number of amides is 2. The maximum absolute atomic E-state index is 12.4. The lowest BCUT2D eigenvalue weighted by Gasteiger charge is -2.10. The van der Waals surface area contributed by atoms with Crippen molar-refractivity contribution in [2.75, 3.05) is 0 Å². The first-order valence-corrected chi connectivity index (χ1v) is 8.21. The van der Waals surface area contributed by atoms with E-state index in [0.717, 1.165) is 0 Å². The third-order valence-electron chi connectivity index (χ3n) is 3.46. The molecule has 0 aliphatic heterocycles. The molecule has 1 aromatic heterocycles. The van der Waals surface area contributed by atoms with E-state index in [0.29, 0.717) is 29.4 Å². The Labute approximate surface area is 149 Å². The Balaban J connectivity index is 2.26. The van der Waals surface area contributed by atoms with E-state index in [1.165, 1.54) is 16.7 Å². The number of H-pyrrole nitrogens is 1. The lowest BCUT2D eigenvalue weighted by molar-refractivity contribution is -0.122. The van der Waals surface area contributed by atoms with Gasteiger partial charge in [-0.1, -0.05) is 19.9 Å². The van der Waals surface area contributed by atoms with Gasteiger partial charge in [0.25, 0.3) is 11.5 Å². The molecule has 2 rings (SSSR count). The quantitative estimate of drug-likeness (QED) is 0.432. The van der Waals surface area contributed by atoms with Gasteiger partial charge in [-0.25, -0.2) is 0 Å². The molecule has 0 bridgehead atoms. The lowest BCUT2D eigenvalue weighted by Crippen LogP contribution is -2.42. The van der Waals surface area contributed by atoms with Crippen LogP contribution in [0.15, 0.2) is 35.6 Å². The number of carbonyl (C=O) groups is 2. The maximum atomic E-state index is 12.4. The lowest BCUT2D eigenvalue weighted by atomic mass is 10.1. The highest BCUT2D eigenvalue weighted by Gasteiger charge is 2.11. The highest BCUT2D eigenvalue weighted by atomic mass is 32.1. The van der Waals surface area contributed by atoms with Crippen LogP contribution in [0.4, 0.5) is 0 Å². The molecule has 2 aromatic rings. The average molecular weight is 360 g/mol. The largest absolute Gasteiger partial charge is 0.332 e. The van der Waals surface area contributed by atoms with Crippen molar-refractivity contribution in [2.45, 2.75) is 26.8 Å². The summed E-state index contributed by atoms with van der Waals surface area (Å²) in [5.41, 5.74) is 5.21. The number of fused-ring (bicyclic) bond motifs is 1. The van der Waals surface area contributed by atoms with Gasteiger partial charge in [-0.05, 0) is 36.3 Å². The number of aromatic nitrogens is 2. The van der Waals surface area contributed by atoms with Gasteiger partial charge in [-0.3, -0.25) is 29.8 Å². The summed E-state index contributed by atoms with van der Waals surface area (Å²) in [6, 6.07) is 4.59. The van der Waals surface area contributed by atoms with Gasteiger partial charge in [0.05, 0.1) is 10.9 Å². The normalized spacial score (nSPS) is 10.7. The van der Waals surface area contributed by atoms with Crippen LogP contribution in [0.2, 0.25) is 0 Å². The number of hydrazine groups is 1. The molecule has 3 N–H and O–H groups in total. The molecule has 7 nitrogen and oxygen atoms in total. The van der Waals surface area contributed by atoms with E-state index in [1.54, 1.807) is 12.1 Å². The first-order chi connectivity index (χ1) is 11.8. The summed E-state index contributed by atoms with van der Waals surface area (Å²) in [7, 11) is 0. The van der Waals surface area contributed by atoms with E-state index in [1.807, 2.05) is 13.8 Å². The number of aromatic amines is 1. The highest BCUT2D eigenvalue weighted by Crippen LogP contribution is 2.11. The van der Waals surface area contributed by atoms with Gasteiger partial charge in [0.2, 0.25) is 5.91 Å². The van der Waals surface area contributed by atoms with Crippen LogP contribution in [0.3, 0.4) is 0 Å². The number of hydrogen-bond acceptors (Lipinski definition) is 4. The molecule has 1 aromatic carbocycles. The SMILES string of the molecule is C=CCn1c(=S)[nH]c2cc(C(=O)NNC(=O)CC(C)C)ccc2c1=O. The standard InChI is InChI=1S/C17H20N4O3S/c1-4-7-21-16(24)12-6-5-11(9-13(12)18-17(21)25)15(23)20-19-14(22)8-10(2)3/h4-6,9-10H,1,7-8H2,2-3H3,(H,18,25)(H,19,22)(H,20,23). The molecule has 0 fully saturated rings. The second kappa shape index (κ2) is 7.89. The van der Waals surface area contributed by atoms with E-state index in [9.17, 15) is 14.4 Å². The van der Waals surface area contributed by atoms with Crippen LogP contribution in [0.25, 0.3) is 10.9 Å². The van der Waals surface area contributed by atoms with Gasteiger partial charge < -0.3 is 4.98 Å². The van der Waals surface area contributed by atoms with Crippen molar-refractivity contribution >= 4 is 34.9 Å². The van der Waals surface area contributed by atoms with E-state index in [-0.39, 0.29) is 22.2 Å². The Morgan fingerprint density at radius 2 is 2.08 bits per heavy atom. The number of nitrogens with one attached hydrogen (secondary N) is 3. The zero-order valence-corrected chi connectivity index (χ0v) is 14.9. The van der Waals surface area contributed by atoms with E-state index < -0.39 is 5.91 Å². The fourth-order valence-corrected chi connectivity index (χ4v) is 2.58. The van der Waals surface area contributed by atoms with Crippen molar-refractivity contribution in [1.29, 1.82) is 0 Å². The van der Waals surface area contributed by atoms with Crippen LogP contribution in [0.5, 0.6) is 0 Å². The molecule has 2 amide bonds. The summed E-state index contributed by atoms with van der Waals surface area (Å²) in [6.45, 7) is 7.72. The Morgan fingerprint density at radius 3 is 2.72 bits per heavy atom. The van der Waals surface area contributed by atoms with Crippen LogP contribution in [-0.4, -0.2) is 21.4 Å². The fraction of sp³-hybridized carbons (Fsp3) is 0.294. The van der Waals surface area contributed by atoms with Crippen molar-refractivity contribution in [3.63, 3.8) is 0 Å². The molecule has 0 atom stereocenters. The maximum Gasteiger partial charge on any atom is 0.269 e. The van der Waals surface area contributed by atoms with Crippen LogP contribution in [-0.2, 0) is 11.3 Å². The van der Waals surface area contributed by atoms with Gasteiger partial charge in [0.1, 0.15) is 0 Å². The van der Waals surface area contributed by atoms with Crippen molar-refractivity contribution in [3.05, 3.63) is 51.5 Å². The summed E-state index contributed by atoms with van der Waals surface area (Å²) in [5, 5.41) is 0.413. The first-order valence-electron chi connectivity index (χ1n) is 7.80. The average Bonchev–Trinajstić information content (AvgIpc) is 2.55. The molecule has 0 spiro atoms. The van der Waals surface area contributed by atoms with E-state index in [2.05, 4.69) is 22.4 Å². The van der Waals surface area contributed by atoms with Crippen molar-refractivity contribution in [3.8, 4) is 0 Å². The summed E-state index contributed by atoms with van der Waals surface area (Å²) in [5.74, 6) is -0.556. The molecule has 8 heteroatoms. The topological polar surface area (TPSA) is 96.0 Å². The second-order valence-electron chi connectivity index (χ2n) is 6.00. The molecule has 1 heterocycles.